The second-order valence-electron chi connectivity index (χ2n) is 10.1. The smallest absolute Gasteiger partial charge is 0.504 e. The number of hydrogen-bond donors (Lipinski definition) is 6. The Morgan fingerprint density at radius 2 is 1.89 bits per heavy atom. The number of phenolic OH excluding ortho intramolecular Hbond substituents is 2. The Morgan fingerprint density at radius 3 is 2.52 bits per heavy atom. The summed E-state index contributed by atoms with van der Waals surface area (Å²) in [6.45, 7) is 2.45. The van der Waals surface area contributed by atoms with E-state index in [1.54, 1.807) is 0 Å². The van der Waals surface area contributed by atoms with Gasteiger partial charge in [0.25, 0.3) is 11.8 Å². The quantitative estimate of drug-likeness (QED) is 0.0362. The summed E-state index contributed by atoms with van der Waals surface area (Å²) >= 11 is 4.59. The zero-order valence-electron chi connectivity index (χ0n) is 24.2. The number of carboxylic acid groups (broad SMARTS) is 2. The van der Waals surface area contributed by atoms with Gasteiger partial charge < -0.3 is 36.3 Å². The molecule has 2 aromatic heterocycles. The molecule has 1 saturated heterocycles. The van der Waals surface area contributed by atoms with Crippen molar-refractivity contribution >= 4 is 90.9 Å². The van der Waals surface area contributed by atoms with E-state index in [9.17, 15) is 44.4 Å². The summed E-state index contributed by atoms with van der Waals surface area (Å²) in [4.78, 5) is 73.0. The van der Waals surface area contributed by atoms with E-state index in [0.29, 0.717) is 14.5 Å². The van der Waals surface area contributed by atoms with E-state index in [2.05, 4.69) is 15.5 Å². The van der Waals surface area contributed by atoms with Crippen molar-refractivity contribution in [2.45, 2.75) is 35.1 Å². The predicted molar refractivity (Wildman–Crippen MR) is 168 cm³/mol. The van der Waals surface area contributed by atoms with Crippen molar-refractivity contribution in [2.24, 2.45) is 5.16 Å². The third kappa shape index (κ3) is 6.99. The van der Waals surface area contributed by atoms with Crippen LogP contribution in [0.3, 0.4) is 0 Å². The molecular formula is C26H23N5NaO10S4+. The van der Waals surface area contributed by atoms with Gasteiger partial charge in [-0.3, -0.25) is 19.3 Å². The fraction of sp³-hybridized carbons (Fsp3) is 0.269. The topological polar surface area (TPSA) is 242 Å². The van der Waals surface area contributed by atoms with Gasteiger partial charge >= 0.3 is 41.5 Å². The van der Waals surface area contributed by atoms with Crippen molar-refractivity contribution in [3.8, 4) is 11.5 Å². The third-order valence-corrected chi connectivity index (χ3v) is 11.0. The van der Waals surface area contributed by atoms with Crippen molar-refractivity contribution < 1.29 is 74.0 Å². The summed E-state index contributed by atoms with van der Waals surface area (Å²) < 4.78 is 0.965. The molecule has 236 valence electrons. The van der Waals surface area contributed by atoms with Crippen molar-refractivity contribution in [1.82, 2.24) is 15.2 Å². The maximum Gasteiger partial charge on any atom is 1.00 e. The number of carbonyl (C=O) groups excluding carboxylic acids is 2. The molecule has 1 fully saturated rings. The second-order valence-corrected chi connectivity index (χ2v) is 14.4. The number of nitrogen functional groups attached to an aromatic ring is 1. The number of thioether (sulfide) groups is 2. The first-order chi connectivity index (χ1) is 21.2. The van der Waals surface area contributed by atoms with Crippen LogP contribution in [0.2, 0.25) is 0 Å². The van der Waals surface area contributed by atoms with Crippen molar-refractivity contribution in [3.63, 3.8) is 0 Å². The minimum atomic E-state index is -1.79. The standard InChI is InChI=1S/C26H23N5O10S4.Na/c1-26(2,24(39)40)41-30-17(11-8-44-25(27)28-11)20(35)29-18-21(36)31-19(23(37)38)9(7-43-22(18)31)6-42-16-5-12(32)10-3-13(33)14(34)4-15(10)45-16;/h3-5,8,18,22,33-34H,6-7H2,1-2H3,(H2,27,28)(H,29,35)(H,37,38)(H,39,40);/q;+1/b30-17-;. The molecular weight excluding hydrogens is 694 g/mol. The monoisotopic (exact) mass is 716 g/mol. The molecule has 2 atom stereocenters. The van der Waals surface area contributed by atoms with E-state index in [0.717, 1.165) is 16.2 Å². The second kappa shape index (κ2) is 13.8. The number of hydrogen-bond acceptors (Lipinski definition) is 15. The molecule has 1 aromatic carbocycles. The Kier molecular flexibility index (Phi) is 10.7. The Labute approximate surface area is 297 Å². The van der Waals surface area contributed by atoms with Crippen molar-refractivity contribution in [2.75, 3.05) is 17.2 Å². The van der Waals surface area contributed by atoms with E-state index in [1.165, 1.54) is 72.3 Å². The minimum absolute atomic E-state index is 0. The molecule has 0 bridgehead atoms. The number of nitrogens with zero attached hydrogens (tertiary/aromatic N) is 3. The molecule has 2 unspecified atom stereocenters. The number of oxime groups is 1. The zero-order chi connectivity index (χ0) is 32.8. The normalized spacial score (nSPS) is 18.0. The summed E-state index contributed by atoms with van der Waals surface area (Å²) in [5.74, 6) is -4.75. The van der Waals surface area contributed by atoms with Crippen LogP contribution in [0.25, 0.3) is 10.1 Å². The Balaban J connectivity index is 0.00000480. The van der Waals surface area contributed by atoms with Crippen LogP contribution in [0.1, 0.15) is 19.5 Å². The summed E-state index contributed by atoms with van der Waals surface area (Å²) in [5, 5.41) is 46.1. The molecule has 7 N–H and O–H groups in total. The number of β-lactam (4-membered cyclic amide) rings is 1. The van der Waals surface area contributed by atoms with Crippen LogP contribution in [0.15, 0.2) is 49.0 Å². The number of anilines is 1. The summed E-state index contributed by atoms with van der Waals surface area (Å²) in [6.07, 6.45) is 0. The van der Waals surface area contributed by atoms with Gasteiger partial charge in [-0.2, -0.15) is 0 Å². The molecule has 2 aliphatic rings. The maximum absolute atomic E-state index is 13.3. The number of benzene rings is 1. The van der Waals surface area contributed by atoms with Gasteiger partial charge in [-0.15, -0.1) is 46.2 Å². The molecule has 0 saturated carbocycles. The zero-order valence-corrected chi connectivity index (χ0v) is 29.4. The van der Waals surface area contributed by atoms with Crippen LogP contribution in [-0.4, -0.2) is 88.3 Å². The van der Waals surface area contributed by atoms with Crippen molar-refractivity contribution in [1.29, 1.82) is 0 Å². The van der Waals surface area contributed by atoms with Gasteiger partial charge in [0.05, 0.1) is 4.21 Å². The molecule has 2 aliphatic heterocycles. The van der Waals surface area contributed by atoms with Crippen LogP contribution in [0.4, 0.5) is 5.13 Å². The summed E-state index contributed by atoms with van der Waals surface area (Å²) in [5.41, 5.74) is 3.26. The van der Waals surface area contributed by atoms with Gasteiger partial charge in [-0.25, -0.2) is 14.6 Å². The molecule has 0 aliphatic carbocycles. The molecule has 0 radical (unpaired) electrons. The van der Waals surface area contributed by atoms with Gasteiger partial charge in [0, 0.05) is 39.1 Å². The van der Waals surface area contributed by atoms with Gasteiger partial charge in [0.1, 0.15) is 22.8 Å². The van der Waals surface area contributed by atoms with Crippen LogP contribution in [0.5, 0.6) is 11.5 Å². The number of phenols is 2. The number of fused-ring (bicyclic) bond motifs is 2. The molecule has 3 aromatic rings. The first-order valence-corrected chi connectivity index (χ1v) is 16.5. The molecule has 0 spiro atoms. The van der Waals surface area contributed by atoms with E-state index < -0.39 is 52.2 Å². The average molecular weight is 717 g/mol. The number of aliphatic carboxylic acids is 2. The fourth-order valence-corrected chi connectivity index (χ4v) is 8.46. The molecule has 20 heteroatoms. The first kappa shape index (κ1) is 35.5. The van der Waals surface area contributed by atoms with Crippen molar-refractivity contribution in [3.05, 3.63) is 50.8 Å². The molecule has 46 heavy (non-hydrogen) atoms. The maximum atomic E-state index is 13.3. The van der Waals surface area contributed by atoms with Crippen LogP contribution in [0, 0.1) is 0 Å². The number of rotatable bonds is 10. The fourth-order valence-electron chi connectivity index (χ4n) is 4.19. The number of nitrogens with two attached hydrogens (primary N) is 1. The van der Waals surface area contributed by atoms with Gasteiger partial charge in [0.2, 0.25) is 5.60 Å². The van der Waals surface area contributed by atoms with Gasteiger partial charge in [0.15, 0.2) is 27.8 Å². The number of thiazole rings is 1. The Bertz CT molecular complexity index is 1890. The first-order valence-electron chi connectivity index (χ1n) is 12.7. The number of nitrogens with one attached hydrogen (secondary N) is 1. The number of amides is 2. The van der Waals surface area contributed by atoms with E-state index >= 15 is 0 Å². The summed E-state index contributed by atoms with van der Waals surface area (Å²) in [7, 11) is 0. The largest absolute Gasteiger partial charge is 1.00 e. The molecule has 2 amide bonds. The average Bonchev–Trinajstić information content (AvgIpc) is 3.40. The number of carboxylic acids is 2. The third-order valence-electron chi connectivity index (χ3n) is 6.59. The number of carbonyl (C=O) groups is 4. The van der Waals surface area contributed by atoms with Crippen LogP contribution < -0.4 is 46.0 Å². The Hall–Kier alpha value is -3.33. The van der Waals surface area contributed by atoms with Gasteiger partial charge in [-0.05, 0) is 25.5 Å². The minimum Gasteiger partial charge on any atom is -0.504 e. The van der Waals surface area contributed by atoms with Gasteiger partial charge in [-0.1, -0.05) is 5.16 Å². The van der Waals surface area contributed by atoms with E-state index in [-0.39, 0.29) is 74.2 Å². The molecule has 15 nitrogen and oxygen atoms in total. The van der Waals surface area contributed by atoms with E-state index in [1.807, 2.05) is 0 Å². The SMILES string of the molecule is CC(C)(O/N=C(\C(=O)NC1C(=O)N2C(C(=O)O)=C(CSc3cc(=O)c4cc(O)c(O)cc4s3)CSC12)c1csc(N)n1)C(=O)O.[Na+]. The van der Waals surface area contributed by atoms with Crippen LogP contribution >= 0.6 is 46.2 Å². The number of aromatic hydroxyl groups is 2. The molecule has 4 heterocycles. The molecule has 5 rings (SSSR count). The predicted octanol–water partition coefficient (Wildman–Crippen LogP) is -1.17. The summed E-state index contributed by atoms with van der Waals surface area (Å²) in [6, 6.07) is 2.67. The Morgan fingerprint density at radius 1 is 1.20 bits per heavy atom. The van der Waals surface area contributed by atoms with E-state index in [4.69, 9.17) is 10.6 Å². The van der Waals surface area contributed by atoms with Crippen LogP contribution in [-0.2, 0) is 24.0 Å². The number of aromatic nitrogens is 1.